The average Bonchev–Trinajstić information content (AvgIpc) is 3.73. The van der Waals surface area contributed by atoms with Crippen LogP contribution in [-0.4, -0.2) is 60.9 Å². The van der Waals surface area contributed by atoms with Crippen LogP contribution < -0.4 is 0 Å². The highest BCUT2D eigenvalue weighted by Gasteiger charge is 2.30. The lowest BCUT2D eigenvalue weighted by Gasteiger charge is -2.34. The average molecular weight is 635 g/mol. The molecule has 2 aromatic heterocycles. The number of aliphatic hydroxyl groups is 1. The smallest absolute Gasteiger partial charge is 0.339 e. The lowest BCUT2D eigenvalue weighted by molar-refractivity contribution is -0.141. The Morgan fingerprint density at radius 3 is 2.49 bits per heavy atom. The Labute approximate surface area is 277 Å². The van der Waals surface area contributed by atoms with Crippen LogP contribution in [0.4, 0.5) is 0 Å². The highest BCUT2D eigenvalue weighted by Crippen LogP contribution is 2.42. The zero-order valence-corrected chi connectivity index (χ0v) is 27.8. The molecule has 2 atom stereocenters. The molecule has 0 spiro atoms. The molecule has 3 heterocycles. The summed E-state index contributed by atoms with van der Waals surface area (Å²) < 4.78 is 1.65. The third kappa shape index (κ3) is 6.61. The van der Waals surface area contributed by atoms with Gasteiger partial charge in [0.25, 0.3) is 5.91 Å². The summed E-state index contributed by atoms with van der Waals surface area (Å²) in [6.07, 6.45) is 8.31. The second kappa shape index (κ2) is 14.2. The van der Waals surface area contributed by atoms with Crippen LogP contribution in [0.1, 0.15) is 109 Å². The zero-order valence-electron chi connectivity index (χ0n) is 27.8. The van der Waals surface area contributed by atoms with Gasteiger partial charge in [0.15, 0.2) is 5.82 Å². The third-order valence-electron chi connectivity index (χ3n) is 10.2. The van der Waals surface area contributed by atoms with E-state index >= 15 is 0 Å². The summed E-state index contributed by atoms with van der Waals surface area (Å²) in [5.74, 6) is 0.328. The largest absolute Gasteiger partial charge is 0.478 e. The van der Waals surface area contributed by atoms with Crippen molar-refractivity contribution in [2.75, 3.05) is 13.1 Å². The van der Waals surface area contributed by atoms with E-state index in [2.05, 4.69) is 48.4 Å². The summed E-state index contributed by atoms with van der Waals surface area (Å²) in [6, 6.07) is 19.5. The summed E-state index contributed by atoms with van der Waals surface area (Å²) in [5, 5.41) is 24.2. The van der Waals surface area contributed by atoms with E-state index in [1.807, 2.05) is 36.9 Å². The molecule has 47 heavy (non-hydrogen) atoms. The monoisotopic (exact) mass is 634 g/mol. The van der Waals surface area contributed by atoms with E-state index in [1.165, 1.54) is 34.0 Å². The Kier molecular flexibility index (Phi) is 9.87. The third-order valence-corrected chi connectivity index (χ3v) is 10.2. The Bertz CT molecular complexity index is 1750. The van der Waals surface area contributed by atoms with Crippen molar-refractivity contribution in [2.45, 2.75) is 96.5 Å². The molecule has 246 valence electrons. The molecule has 6 rings (SSSR count). The fourth-order valence-corrected chi connectivity index (χ4v) is 7.79. The van der Waals surface area contributed by atoms with Gasteiger partial charge in [-0.05, 0) is 103 Å². The second-order valence-corrected chi connectivity index (χ2v) is 13.1. The van der Waals surface area contributed by atoms with Crippen molar-refractivity contribution in [2.24, 2.45) is 0 Å². The van der Waals surface area contributed by atoms with Crippen LogP contribution in [0.25, 0.3) is 17.1 Å². The summed E-state index contributed by atoms with van der Waals surface area (Å²) in [6.45, 7) is 7.55. The van der Waals surface area contributed by atoms with Gasteiger partial charge in [-0.1, -0.05) is 69.7 Å². The molecule has 1 amide bonds. The number of aromatic carboxylic acids is 1. The van der Waals surface area contributed by atoms with Crippen LogP contribution in [0, 0.1) is 0 Å². The Morgan fingerprint density at radius 1 is 0.979 bits per heavy atom. The number of fused-ring (bicyclic) bond motifs is 1. The van der Waals surface area contributed by atoms with E-state index < -0.39 is 12.1 Å². The zero-order chi connectivity index (χ0) is 33.1. The molecule has 2 aliphatic rings. The molecule has 4 aromatic rings. The minimum atomic E-state index is -0.979. The first-order valence-electron chi connectivity index (χ1n) is 17.3. The number of hydrogen-bond donors (Lipinski definition) is 2. The molecule has 8 heteroatoms. The van der Waals surface area contributed by atoms with E-state index in [0.29, 0.717) is 49.3 Å². The first-order valence-corrected chi connectivity index (χ1v) is 17.3. The predicted octanol–water partition coefficient (Wildman–Crippen LogP) is 6.90. The van der Waals surface area contributed by atoms with Gasteiger partial charge in [-0.15, -0.1) is 0 Å². The van der Waals surface area contributed by atoms with Gasteiger partial charge in [0.05, 0.1) is 17.6 Å². The minimum absolute atomic E-state index is 0.117. The molecule has 0 radical (unpaired) electrons. The molecule has 1 aliphatic heterocycles. The fourth-order valence-electron chi connectivity index (χ4n) is 7.79. The molecular weight excluding hydrogens is 588 g/mol. The van der Waals surface area contributed by atoms with Gasteiger partial charge < -0.3 is 15.1 Å². The van der Waals surface area contributed by atoms with E-state index in [-0.39, 0.29) is 11.5 Å². The van der Waals surface area contributed by atoms with Crippen LogP contribution in [0.3, 0.4) is 0 Å². The molecule has 8 nitrogen and oxygen atoms in total. The molecule has 0 saturated carbocycles. The number of pyridine rings is 1. The van der Waals surface area contributed by atoms with Crippen LogP contribution >= 0.6 is 0 Å². The number of aliphatic hydroxyl groups excluding tert-OH is 1. The topological polar surface area (TPSA) is 109 Å². The minimum Gasteiger partial charge on any atom is -0.478 e. The van der Waals surface area contributed by atoms with Crippen molar-refractivity contribution in [3.63, 3.8) is 0 Å². The van der Waals surface area contributed by atoms with E-state index in [9.17, 15) is 19.8 Å². The molecule has 1 saturated heterocycles. The number of aryl methyl sites for hydroxylation is 2. The molecule has 1 aliphatic carbocycles. The summed E-state index contributed by atoms with van der Waals surface area (Å²) >= 11 is 0. The summed E-state index contributed by atoms with van der Waals surface area (Å²) in [4.78, 5) is 31.2. The SMILES string of the molecule is CCC[C@H](O)C(=O)N1CCC(c2ccc(CC3CCc4cccc(-c5cccc(-n6ncc(C(=O)O)c6CC)n5)c43)cc2CC)CC1. The number of piperidine rings is 1. The van der Waals surface area contributed by atoms with E-state index in [4.69, 9.17) is 4.98 Å². The lowest BCUT2D eigenvalue weighted by atomic mass is 9.83. The highest BCUT2D eigenvalue weighted by atomic mass is 16.4. The van der Waals surface area contributed by atoms with Crippen molar-refractivity contribution >= 4 is 11.9 Å². The van der Waals surface area contributed by atoms with Gasteiger partial charge in [0.1, 0.15) is 11.7 Å². The number of likely N-dealkylation sites (tertiary alicyclic amines) is 1. The maximum absolute atomic E-state index is 12.6. The number of nitrogens with zero attached hydrogens (tertiary/aromatic N) is 4. The maximum atomic E-state index is 12.6. The first kappa shape index (κ1) is 32.6. The lowest BCUT2D eigenvalue weighted by Crippen LogP contribution is -2.43. The Morgan fingerprint density at radius 2 is 1.77 bits per heavy atom. The van der Waals surface area contributed by atoms with Crippen molar-refractivity contribution in [1.29, 1.82) is 0 Å². The molecule has 1 unspecified atom stereocenters. The number of carboxylic acids is 1. The summed E-state index contributed by atoms with van der Waals surface area (Å²) in [5.41, 5.74) is 9.74. The highest BCUT2D eigenvalue weighted by molar-refractivity contribution is 5.88. The Balaban J connectivity index is 1.21. The van der Waals surface area contributed by atoms with Crippen molar-refractivity contribution in [3.8, 4) is 17.1 Å². The molecule has 1 fully saturated rings. The number of carbonyl (C=O) groups excluding carboxylic acids is 1. The van der Waals surface area contributed by atoms with Gasteiger partial charge in [0, 0.05) is 18.7 Å². The maximum Gasteiger partial charge on any atom is 0.339 e. The van der Waals surface area contributed by atoms with E-state index in [0.717, 1.165) is 56.2 Å². The molecule has 2 N–H and O–H groups in total. The van der Waals surface area contributed by atoms with Gasteiger partial charge >= 0.3 is 5.97 Å². The van der Waals surface area contributed by atoms with Gasteiger partial charge in [-0.3, -0.25) is 4.79 Å². The number of hydrogen-bond acceptors (Lipinski definition) is 5. The van der Waals surface area contributed by atoms with E-state index in [1.54, 1.807) is 4.68 Å². The van der Waals surface area contributed by atoms with Crippen LogP contribution in [0.15, 0.2) is 60.8 Å². The Hall–Kier alpha value is -4.30. The van der Waals surface area contributed by atoms with Crippen LogP contribution in [0.5, 0.6) is 0 Å². The van der Waals surface area contributed by atoms with Crippen LogP contribution in [0.2, 0.25) is 0 Å². The van der Waals surface area contributed by atoms with Gasteiger partial charge in [-0.2, -0.15) is 5.10 Å². The second-order valence-electron chi connectivity index (χ2n) is 13.1. The number of aromatic nitrogens is 3. The number of carbonyl (C=O) groups is 2. The van der Waals surface area contributed by atoms with Crippen LogP contribution in [-0.2, 0) is 30.5 Å². The number of amides is 1. The molecule has 2 aromatic carbocycles. The quantitative estimate of drug-likeness (QED) is 0.186. The van der Waals surface area contributed by atoms with Crippen molar-refractivity contribution < 1.29 is 19.8 Å². The number of carboxylic acid groups (broad SMARTS) is 1. The predicted molar refractivity (Wildman–Crippen MR) is 183 cm³/mol. The van der Waals surface area contributed by atoms with Gasteiger partial charge in [-0.25, -0.2) is 14.5 Å². The first-order chi connectivity index (χ1) is 22.8. The van der Waals surface area contributed by atoms with Crippen molar-refractivity contribution in [1.82, 2.24) is 19.7 Å². The fraction of sp³-hybridized carbons (Fsp3) is 0.436. The molecular formula is C39H46N4O4. The standard InChI is InChI=1S/C39H46N4O4/c1-4-9-35(44)38(45)42-20-18-27(19-21-42)30-17-14-25(22-26(30)5-2)23-29-16-15-28-10-7-11-31(37(28)29)33-12-8-13-36(41-33)43-34(6-3)32(24-40-43)39(46)47/h7-8,10-14,17,22,24,27,29,35,44H,4-6,9,15-16,18-21,23H2,1-3H3,(H,46,47)/t29?,35-/m0/s1. The van der Waals surface area contributed by atoms with Crippen molar-refractivity contribution in [3.05, 3.63) is 99.9 Å². The normalized spacial score (nSPS) is 17.1. The van der Waals surface area contributed by atoms with Gasteiger partial charge in [0.2, 0.25) is 0 Å². The summed E-state index contributed by atoms with van der Waals surface area (Å²) in [7, 11) is 0. The molecule has 0 bridgehead atoms. The number of rotatable bonds is 11. The number of benzene rings is 2.